The summed E-state index contributed by atoms with van der Waals surface area (Å²) in [6.45, 7) is 4.63. The molecule has 2 aliphatic carbocycles. The van der Waals surface area contributed by atoms with Crippen LogP contribution in [0.1, 0.15) is 67.3 Å². The first-order valence-electron chi connectivity index (χ1n) is 13.4. The van der Waals surface area contributed by atoms with Crippen molar-refractivity contribution in [2.45, 2.75) is 64.0 Å². The molecule has 6 nitrogen and oxygen atoms in total. The Hall–Kier alpha value is -2.86. The number of rotatable bonds is 7. The Morgan fingerprint density at radius 3 is 2.26 bits per heavy atom. The molecule has 1 aliphatic heterocycles. The number of carbonyl (C=O) groups excluding carboxylic acids is 2. The van der Waals surface area contributed by atoms with Crippen LogP contribution in [-0.2, 0) is 11.3 Å². The van der Waals surface area contributed by atoms with Crippen molar-refractivity contribution in [3.63, 3.8) is 0 Å². The fraction of sp³-hybridized carbons (Fsp3) is 0.517. The number of amides is 2. The van der Waals surface area contributed by atoms with Crippen molar-refractivity contribution in [1.29, 1.82) is 0 Å². The minimum atomic E-state index is -0.0154. The summed E-state index contributed by atoms with van der Waals surface area (Å²) in [7, 11) is 0. The maximum atomic E-state index is 13.5. The number of benzene rings is 2. The van der Waals surface area contributed by atoms with Crippen LogP contribution in [-0.4, -0.2) is 48.9 Å². The van der Waals surface area contributed by atoms with Gasteiger partial charge in [0.25, 0.3) is 5.91 Å². The molecule has 0 radical (unpaired) electrons. The number of carbonyl (C=O) groups is 2. The minimum absolute atomic E-state index is 0.0154. The van der Waals surface area contributed by atoms with Crippen LogP contribution in [0.5, 0.6) is 0 Å². The van der Waals surface area contributed by atoms with Gasteiger partial charge in [-0.1, -0.05) is 56.0 Å². The molecule has 0 spiro atoms. The highest BCUT2D eigenvalue weighted by Gasteiger charge is 2.27. The molecular formula is C29H38N4O2. The van der Waals surface area contributed by atoms with E-state index in [1.807, 2.05) is 18.2 Å². The lowest BCUT2D eigenvalue weighted by Crippen LogP contribution is -2.46. The second kappa shape index (κ2) is 11.3. The van der Waals surface area contributed by atoms with Gasteiger partial charge in [-0.15, -0.1) is 0 Å². The smallest absolute Gasteiger partial charge is 0.253 e. The monoisotopic (exact) mass is 474 g/mol. The zero-order chi connectivity index (χ0) is 24.0. The van der Waals surface area contributed by atoms with Gasteiger partial charge in [0.15, 0.2) is 0 Å². The molecule has 2 aromatic rings. The lowest BCUT2D eigenvalue weighted by atomic mass is 9.85. The van der Waals surface area contributed by atoms with Gasteiger partial charge in [0.05, 0.1) is 5.56 Å². The summed E-state index contributed by atoms with van der Waals surface area (Å²) in [4.78, 5) is 30.8. The standard InChI is InChI=1S/C29H38N4O2/c34-28(23-10-7-11-23)31-25-14-15-27(26(20-25)29(35)30-24-12-5-2-6-13-24)33-18-16-32(17-19-33)21-22-8-3-1-4-9-22/h1,3-4,8-9,14-15,20,23-24H,2,5-7,10-13,16-19,21H2,(H,30,35)(H,31,34). The lowest BCUT2D eigenvalue weighted by Gasteiger charge is -2.37. The largest absolute Gasteiger partial charge is 0.368 e. The Morgan fingerprint density at radius 2 is 1.57 bits per heavy atom. The van der Waals surface area contributed by atoms with E-state index in [0.29, 0.717) is 5.56 Å². The lowest BCUT2D eigenvalue weighted by molar-refractivity contribution is -0.122. The van der Waals surface area contributed by atoms with Gasteiger partial charge in [0.2, 0.25) is 5.91 Å². The van der Waals surface area contributed by atoms with E-state index in [1.54, 1.807) is 0 Å². The molecule has 1 saturated heterocycles. The number of piperazine rings is 1. The third kappa shape index (κ3) is 6.04. The van der Waals surface area contributed by atoms with Crippen LogP contribution in [0.25, 0.3) is 0 Å². The summed E-state index contributed by atoms with van der Waals surface area (Å²) < 4.78 is 0. The van der Waals surface area contributed by atoms with Crippen molar-refractivity contribution in [2.75, 3.05) is 36.4 Å². The van der Waals surface area contributed by atoms with E-state index in [4.69, 9.17) is 0 Å². The summed E-state index contributed by atoms with van der Waals surface area (Å²) in [5, 5.41) is 6.35. The number of nitrogens with one attached hydrogen (secondary N) is 2. The summed E-state index contributed by atoms with van der Waals surface area (Å²) in [6, 6.07) is 16.7. The fourth-order valence-electron chi connectivity index (χ4n) is 5.48. The second-order valence-corrected chi connectivity index (χ2v) is 10.4. The number of anilines is 2. The Kier molecular flexibility index (Phi) is 7.67. The summed E-state index contributed by atoms with van der Waals surface area (Å²) in [5.41, 5.74) is 3.71. The summed E-state index contributed by atoms with van der Waals surface area (Å²) >= 11 is 0. The van der Waals surface area contributed by atoms with Crippen molar-refractivity contribution < 1.29 is 9.59 Å². The molecule has 1 heterocycles. The van der Waals surface area contributed by atoms with Crippen LogP contribution >= 0.6 is 0 Å². The Labute approximate surface area is 209 Å². The van der Waals surface area contributed by atoms with E-state index in [2.05, 4.69) is 50.8 Å². The number of nitrogens with zero attached hydrogens (tertiary/aromatic N) is 2. The van der Waals surface area contributed by atoms with Crippen LogP contribution in [0, 0.1) is 5.92 Å². The molecule has 3 fully saturated rings. The molecule has 35 heavy (non-hydrogen) atoms. The number of hydrogen-bond acceptors (Lipinski definition) is 4. The van der Waals surface area contributed by atoms with E-state index < -0.39 is 0 Å². The van der Waals surface area contributed by atoms with Crippen molar-refractivity contribution in [3.8, 4) is 0 Å². The average Bonchev–Trinajstić information content (AvgIpc) is 2.85. The Bertz CT molecular complexity index is 1010. The maximum Gasteiger partial charge on any atom is 0.253 e. The van der Waals surface area contributed by atoms with Crippen molar-refractivity contribution >= 4 is 23.2 Å². The molecule has 2 aromatic carbocycles. The molecule has 0 bridgehead atoms. The third-order valence-corrected chi connectivity index (χ3v) is 7.89. The van der Waals surface area contributed by atoms with Crippen LogP contribution in [0.3, 0.4) is 0 Å². The van der Waals surface area contributed by atoms with Gasteiger partial charge in [-0.2, -0.15) is 0 Å². The third-order valence-electron chi connectivity index (χ3n) is 7.89. The van der Waals surface area contributed by atoms with Crippen LogP contribution in [0.15, 0.2) is 48.5 Å². The molecule has 3 aliphatic rings. The van der Waals surface area contributed by atoms with Gasteiger partial charge in [0.1, 0.15) is 0 Å². The second-order valence-electron chi connectivity index (χ2n) is 10.4. The van der Waals surface area contributed by atoms with Crippen LogP contribution in [0.2, 0.25) is 0 Å². The fourth-order valence-corrected chi connectivity index (χ4v) is 5.48. The first-order valence-corrected chi connectivity index (χ1v) is 13.4. The molecule has 2 N–H and O–H groups in total. The molecule has 5 rings (SSSR count). The molecule has 0 unspecified atom stereocenters. The molecule has 2 amide bonds. The quantitative estimate of drug-likeness (QED) is 0.605. The maximum absolute atomic E-state index is 13.5. The molecule has 186 valence electrons. The van der Waals surface area contributed by atoms with E-state index in [-0.39, 0.29) is 23.8 Å². The van der Waals surface area contributed by atoms with E-state index in [0.717, 1.165) is 76.2 Å². The van der Waals surface area contributed by atoms with E-state index in [9.17, 15) is 9.59 Å². The van der Waals surface area contributed by atoms with Gasteiger partial charge in [-0.25, -0.2) is 0 Å². The highest BCUT2D eigenvalue weighted by atomic mass is 16.2. The van der Waals surface area contributed by atoms with Gasteiger partial charge >= 0.3 is 0 Å². The van der Waals surface area contributed by atoms with Crippen molar-refractivity contribution in [3.05, 3.63) is 59.7 Å². The molecule has 6 heteroatoms. The summed E-state index contributed by atoms with van der Waals surface area (Å²) in [6.07, 6.45) is 8.78. The van der Waals surface area contributed by atoms with Gasteiger partial charge in [0, 0.05) is 56.1 Å². The zero-order valence-electron chi connectivity index (χ0n) is 20.7. The van der Waals surface area contributed by atoms with Gasteiger partial charge in [-0.3, -0.25) is 14.5 Å². The van der Waals surface area contributed by atoms with Crippen molar-refractivity contribution in [1.82, 2.24) is 10.2 Å². The molecule has 0 aromatic heterocycles. The molecular weight excluding hydrogens is 436 g/mol. The minimum Gasteiger partial charge on any atom is -0.368 e. The number of hydrogen-bond donors (Lipinski definition) is 2. The highest BCUT2D eigenvalue weighted by molar-refractivity contribution is 6.02. The van der Waals surface area contributed by atoms with Gasteiger partial charge < -0.3 is 15.5 Å². The van der Waals surface area contributed by atoms with Crippen molar-refractivity contribution in [2.24, 2.45) is 5.92 Å². The van der Waals surface area contributed by atoms with Crippen LogP contribution in [0.4, 0.5) is 11.4 Å². The van der Waals surface area contributed by atoms with Crippen LogP contribution < -0.4 is 15.5 Å². The highest BCUT2D eigenvalue weighted by Crippen LogP contribution is 2.30. The summed E-state index contributed by atoms with van der Waals surface area (Å²) in [5.74, 6) is 0.183. The average molecular weight is 475 g/mol. The molecule has 0 atom stereocenters. The topological polar surface area (TPSA) is 64.7 Å². The van der Waals surface area contributed by atoms with E-state index in [1.165, 1.54) is 24.8 Å². The zero-order valence-corrected chi connectivity index (χ0v) is 20.7. The first kappa shape index (κ1) is 23.9. The van der Waals surface area contributed by atoms with E-state index >= 15 is 0 Å². The Morgan fingerprint density at radius 1 is 0.829 bits per heavy atom. The molecule has 2 saturated carbocycles. The normalized spacial score (nSPS) is 19.7. The predicted molar refractivity (Wildman–Crippen MR) is 141 cm³/mol. The van der Waals surface area contributed by atoms with Gasteiger partial charge in [-0.05, 0) is 49.4 Å². The first-order chi connectivity index (χ1) is 17.2. The predicted octanol–water partition coefficient (Wildman–Crippen LogP) is 4.81. The Balaban J connectivity index is 1.29. The SMILES string of the molecule is O=C(NC1CCCCC1)c1cc(NC(=O)C2CCC2)ccc1N1CCN(Cc2ccccc2)CC1.